The molecule has 11 N–H and O–H groups in total. The van der Waals surface area contributed by atoms with Crippen molar-refractivity contribution in [1.29, 1.82) is 0 Å². The maximum absolute atomic E-state index is 12.7. The second kappa shape index (κ2) is 20.5. The van der Waals surface area contributed by atoms with Gasteiger partial charge < -0.3 is 56.0 Å². The molecule has 28 heteroatoms. The van der Waals surface area contributed by atoms with Crippen molar-refractivity contribution >= 4 is 64.0 Å². The normalized spacial score (nSPS) is 22.5. The summed E-state index contributed by atoms with van der Waals surface area (Å²) in [5.41, 5.74) is 4.29. The van der Waals surface area contributed by atoms with Gasteiger partial charge in [-0.25, -0.2) is 28.6 Å². The van der Waals surface area contributed by atoms with E-state index < -0.39 is 78.6 Å². The lowest BCUT2D eigenvalue weighted by molar-refractivity contribution is -0.137. The summed E-state index contributed by atoms with van der Waals surface area (Å²) in [7, 11) is -16.4. The van der Waals surface area contributed by atoms with Gasteiger partial charge in [0.2, 0.25) is 11.8 Å². The number of nitrogens with zero attached hydrogens (tertiary/aromatic N) is 4. The highest BCUT2D eigenvalue weighted by molar-refractivity contribution is 7.99. The molecule has 0 aromatic carbocycles. The summed E-state index contributed by atoms with van der Waals surface area (Å²) in [5.74, 6) is 0.0371. The van der Waals surface area contributed by atoms with E-state index in [-0.39, 0.29) is 42.0 Å². The Hall–Kier alpha value is -2.15. The van der Waals surface area contributed by atoms with E-state index in [1.54, 1.807) is 11.8 Å². The van der Waals surface area contributed by atoms with Crippen LogP contribution in [0.1, 0.15) is 52.7 Å². The summed E-state index contributed by atoms with van der Waals surface area (Å²) in [6.45, 7) is 2.76. The zero-order chi connectivity index (χ0) is 41.2. The van der Waals surface area contributed by atoms with Crippen molar-refractivity contribution in [1.82, 2.24) is 30.2 Å². The molecule has 0 radical (unpaired) electrons. The molecule has 2 aromatic rings. The van der Waals surface area contributed by atoms with Gasteiger partial charge in [-0.2, -0.15) is 16.1 Å². The molecule has 3 heterocycles. The number of carbonyl (C=O) groups is 2. The number of phosphoric acid groups is 3. The first-order valence-corrected chi connectivity index (χ1v) is 22.4. The van der Waals surface area contributed by atoms with Gasteiger partial charge in [0.25, 0.3) is 0 Å². The maximum atomic E-state index is 12.7. The number of aliphatic hydroxyl groups is 3. The Labute approximate surface area is 319 Å². The Kier molecular flexibility index (Phi) is 17.6. The Morgan fingerprint density at radius 3 is 2.40 bits per heavy atom. The Morgan fingerprint density at radius 2 is 1.73 bits per heavy atom. The quantitative estimate of drug-likeness (QED) is 0.0478. The summed E-state index contributed by atoms with van der Waals surface area (Å²) in [6, 6.07) is 0. The lowest BCUT2D eigenvalue weighted by Gasteiger charge is -2.30. The maximum Gasteiger partial charge on any atom is 0.481 e. The third-order valence-electron chi connectivity index (χ3n) is 7.86. The minimum Gasteiger partial charge on any atom is -0.393 e. The largest absolute Gasteiger partial charge is 0.481 e. The first-order chi connectivity index (χ1) is 25.6. The topological polar surface area (TPSA) is 367 Å². The number of aliphatic hydroxyl groups excluding tert-OH is 3. The molecule has 8 atom stereocenters. The van der Waals surface area contributed by atoms with E-state index in [2.05, 4.69) is 34.4 Å². The van der Waals surface area contributed by atoms with Crippen molar-refractivity contribution in [3.63, 3.8) is 0 Å². The molecule has 1 saturated heterocycles. The van der Waals surface area contributed by atoms with Crippen molar-refractivity contribution in [2.75, 3.05) is 43.5 Å². The number of aromatic nitrogens is 4. The van der Waals surface area contributed by atoms with E-state index in [9.17, 15) is 58.2 Å². The van der Waals surface area contributed by atoms with Gasteiger partial charge in [0, 0.05) is 30.7 Å². The molecule has 1 fully saturated rings. The molecular weight excluding hydrogens is 819 g/mol. The van der Waals surface area contributed by atoms with Gasteiger partial charge in [-0.05, 0) is 18.6 Å². The standard InChI is InChI=1S/C27H48N7O17P3S/c1-4-5-16(35)7-10-55-11-9-29-18(36)6-8-30-25(39)22(38)27(2,3)13-48-54(45,46)51-53(43,44)47-12-17-21(50-52(40,41)42)20(37)26(49-17)34-15-33-19-23(28)31-14-32-24(19)34/h14-17,20-22,26,35,37-38H,4-13H2,1-3H3,(H,29,36)(H,30,39)(H,43,44)(H,45,46)(H2,28,31,32)(H2,40,41,42)/t16-,17-,20-,21-,22?,26-/m1/s1. The smallest absolute Gasteiger partial charge is 0.393 e. The summed E-state index contributed by atoms with van der Waals surface area (Å²) in [4.78, 5) is 75.5. The zero-order valence-corrected chi connectivity index (χ0v) is 33.5. The number of thioether (sulfide) groups is 1. The first-order valence-electron chi connectivity index (χ1n) is 16.7. The predicted molar refractivity (Wildman–Crippen MR) is 192 cm³/mol. The van der Waals surface area contributed by atoms with Crippen LogP contribution in [0.25, 0.3) is 11.2 Å². The molecule has 3 unspecified atom stereocenters. The van der Waals surface area contributed by atoms with Crippen LogP contribution in [0, 0.1) is 5.41 Å². The van der Waals surface area contributed by atoms with Crippen LogP contribution in [0.3, 0.4) is 0 Å². The number of imidazole rings is 1. The number of amides is 2. The van der Waals surface area contributed by atoms with Crippen molar-refractivity contribution in [2.24, 2.45) is 5.41 Å². The van der Waals surface area contributed by atoms with Gasteiger partial charge in [0.05, 0.1) is 25.6 Å². The second-order valence-corrected chi connectivity index (χ2v) is 18.4. The molecule has 24 nitrogen and oxygen atoms in total. The molecule has 3 rings (SSSR count). The number of fused-ring (bicyclic) bond motifs is 1. The SMILES string of the molecule is CCC[C@@H](O)CCSCCNC(=O)CCNC(=O)C(O)C(C)(C)COP(=O)(O)OP(=O)(O)OC[C@H]1O[C@@H](n2cnc3c(N)ncnc32)[C@H](O)[C@@H]1OP(=O)(O)O. The van der Waals surface area contributed by atoms with Crippen molar-refractivity contribution < 1.29 is 80.8 Å². The lowest BCUT2D eigenvalue weighted by atomic mass is 9.87. The van der Waals surface area contributed by atoms with Crippen LogP contribution < -0.4 is 16.4 Å². The fraction of sp³-hybridized carbons (Fsp3) is 0.741. The number of nitrogens with two attached hydrogens (primary N) is 1. The van der Waals surface area contributed by atoms with Crippen LogP contribution >= 0.6 is 35.2 Å². The third-order valence-corrected chi connectivity index (χ3v) is 12.0. The average Bonchev–Trinajstić information content (AvgIpc) is 3.64. The molecule has 1 aliphatic heterocycles. The number of nitrogen functional groups attached to an aromatic ring is 1. The third kappa shape index (κ3) is 14.9. The van der Waals surface area contributed by atoms with E-state index in [0.717, 1.165) is 35.8 Å². The van der Waals surface area contributed by atoms with Crippen LogP contribution in [0.4, 0.5) is 5.82 Å². The van der Waals surface area contributed by atoms with Gasteiger partial charge in [0.15, 0.2) is 17.7 Å². The summed E-state index contributed by atoms with van der Waals surface area (Å²) >= 11 is 1.58. The number of carbonyl (C=O) groups excluding carboxylic acids is 2. The van der Waals surface area contributed by atoms with E-state index in [1.165, 1.54) is 13.8 Å². The zero-order valence-electron chi connectivity index (χ0n) is 30.0. The van der Waals surface area contributed by atoms with Gasteiger partial charge in [-0.1, -0.05) is 27.2 Å². The molecule has 1 aliphatic rings. The molecule has 0 saturated carbocycles. The van der Waals surface area contributed by atoms with Gasteiger partial charge in [0.1, 0.15) is 36.3 Å². The Balaban J connectivity index is 1.48. The fourth-order valence-corrected chi connectivity index (χ4v) is 8.72. The van der Waals surface area contributed by atoms with Crippen LogP contribution in [0.2, 0.25) is 0 Å². The number of hydrogen-bond acceptors (Lipinski definition) is 18. The number of nitrogens with one attached hydrogen (secondary N) is 2. The van der Waals surface area contributed by atoms with Gasteiger partial charge >= 0.3 is 23.5 Å². The second-order valence-electron chi connectivity index (χ2n) is 12.9. The van der Waals surface area contributed by atoms with Crippen LogP contribution in [-0.4, -0.2) is 135 Å². The summed E-state index contributed by atoms with van der Waals surface area (Å²) < 4.78 is 62.1. The molecule has 0 bridgehead atoms. The van der Waals surface area contributed by atoms with E-state index in [1.807, 2.05) is 6.92 Å². The molecule has 0 spiro atoms. The monoisotopic (exact) mass is 867 g/mol. The Bertz CT molecular complexity index is 1740. The minimum absolute atomic E-state index is 0.0352. The van der Waals surface area contributed by atoms with Crippen LogP contribution in [-0.2, 0) is 45.9 Å². The first kappa shape index (κ1) is 47.2. The van der Waals surface area contributed by atoms with Crippen LogP contribution in [0.15, 0.2) is 12.7 Å². The Morgan fingerprint density at radius 1 is 1.04 bits per heavy atom. The molecule has 2 aromatic heterocycles. The van der Waals surface area contributed by atoms with Gasteiger partial charge in [-0.3, -0.25) is 27.7 Å². The highest BCUT2D eigenvalue weighted by Crippen LogP contribution is 2.61. The molecule has 314 valence electrons. The van der Waals surface area contributed by atoms with E-state index in [0.29, 0.717) is 18.7 Å². The minimum atomic E-state index is -5.56. The molecule has 55 heavy (non-hydrogen) atoms. The van der Waals surface area contributed by atoms with Crippen LogP contribution in [0.5, 0.6) is 0 Å². The predicted octanol–water partition coefficient (Wildman–Crippen LogP) is -0.311. The summed E-state index contributed by atoms with van der Waals surface area (Å²) in [6.07, 6.45) is -4.84. The highest BCUT2D eigenvalue weighted by Gasteiger charge is 2.50. The summed E-state index contributed by atoms with van der Waals surface area (Å²) in [5, 5.41) is 36.2. The number of hydrogen-bond donors (Lipinski definition) is 10. The van der Waals surface area contributed by atoms with Gasteiger partial charge in [-0.15, -0.1) is 0 Å². The average molecular weight is 868 g/mol. The number of anilines is 1. The van der Waals surface area contributed by atoms with Crippen molar-refractivity contribution in [3.05, 3.63) is 12.7 Å². The van der Waals surface area contributed by atoms with E-state index in [4.69, 9.17) is 19.5 Å². The van der Waals surface area contributed by atoms with E-state index >= 15 is 0 Å². The number of ether oxygens (including phenoxy) is 1. The van der Waals surface area contributed by atoms with Crippen molar-refractivity contribution in [2.45, 2.75) is 83.2 Å². The number of phosphoric ester groups is 3. The molecule has 0 aliphatic carbocycles. The molecule has 2 amide bonds. The molecular formula is C27H48N7O17P3S. The number of rotatable bonds is 24. The highest BCUT2D eigenvalue weighted by atomic mass is 32.2. The lowest BCUT2D eigenvalue weighted by Crippen LogP contribution is -2.46. The van der Waals surface area contributed by atoms with Crippen molar-refractivity contribution in [3.8, 4) is 0 Å². The fourth-order valence-electron chi connectivity index (χ4n) is 5.00.